The van der Waals surface area contributed by atoms with Gasteiger partial charge >= 0.3 is 5.97 Å². The number of benzene rings is 3. The van der Waals surface area contributed by atoms with Crippen LogP contribution in [0.3, 0.4) is 0 Å². The average molecular weight is 303 g/mol. The summed E-state index contributed by atoms with van der Waals surface area (Å²) in [6.45, 7) is 0. The second kappa shape index (κ2) is 6.79. The van der Waals surface area contributed by atoms with Gasteiger partial charge < -0.3 is 10.5 Å². The minimum absolute atomic E-state index is 0.376. The van der Waals surface area contributed by atoms with E-state index >= 15 is 0 Å². The van der Waals surface area contributed by atoms with Gasteiger partial charge in [-0.25, -0.2) is 4.79 Å². The summed E-state index contributed by atoms with van der Waals surface area (Å²) in [5, 5.41) is 0. The number of esters is 1. The summed E-state index contributed by atoms with van der Waals surface area (Å²) >= 11 is 0. The standard InChI is InChI=1S/C20H17NO2/c21-19-9-5-4-8-18(19)20(22)23-17-12-10-16(11-13-17)14-15-6-2-1-3-7-15/h1-13H,14,21H2. The Bertz CT molecular complexity index is 795. The summed E-state index contributed by atoms with van der Waals surface area (Å²) in [6.07, 6.45) is 0.848. The van der Waals surface area contributed by atoms with Crippen molar-refractivity contribution in [2.75, 3.05) is 5.73 Å². The van der Waals surface area contributed by atoms with Gasteiger partial charge in [0, 0.05) is 5.69 Å². The molecule has 3 aromatic rings. The van der Waals surface area contributed by atoms with Gasteiger partial charge in [0.1, 0.15) is 5.75 Å². The molecule has 0 saturated carbocycles. The molecule has 0 unspecified atom stereocenters. The van der Waals surface area contributed by atoms with Crippen LogP contribution in [0.4, 0.5) is 5.69 Å². The predicted molar refractivity (Wildman–Crippen MR) is 91.5 cm³/mol. The minimum Gasteiger partial charge on any atom is -0.423 e. The third-order valence-corrected chi connectivity index (χ3v) is 3.57. The third kappa shape index (κ3) is 3.77. The summed E-state index contributed by atoms with van der Waals surface area (Å²) in [7, 11) is 0. The number of para-hydroxylation sites is 1. The van der Waals surface area contributed by atoms with Crippen LogP contribution in [0.15, 0.2) is 78.9 Å². The zero-order chi connectivity index (χ0) is 16.1. The summed E-state index contributed by atoms with van der Waals surface area (Å²) in [5.74, 6) is 0.0639. The van der Waals surface area contributed by atoms with Crippen LogP contribution >= 0.6 is 0 Å². The molecule has 2 N–H and O–H groups in total. The summed E-state index contributed by atoms with van der Waals surface area (Å²) in [5.41, 5.74) is 8.98. The number of hydrogen-bond acceptors (Lipinski definition) is 3. The van der Waals surface area contributed by atoms with E-state index in [0.29, 0.717) is 17.0 Å². The normalized spacial score (nSPS) is 10.3. The molecular formula is C20H17NO2. The van der Waals surface area contributed by atoms with E-state index in [1.807, 2.05) is 30.3 Å². The van der Waals surface area contributed by atoms with Crippen molar-refractivity contribution in [3.05, 3.63) is 95.6 Å². The van der Waals surface area contributed by atoms with E-state index in [1.54, 1.807) is 36.4 Å². The molecule has 3 aromatic carbocycles. The third-order valence-electron chi connectivity index (χ3n) is 3.57. The smallest absolute Gasteiger partial charge is 0.345 e. The van der Waals surface area contributed by atoms with Crippen molar-refractivity contribution in [1.29, 1.82) is 0 Å². The molecule has 0 aliphatic rings. The quantitative estimate of drug-likeness (QED) is 0.449. The SMILES string of the molecule is Nc1ccccc1C(=O)Oc1ccc(Cc2ccccc2)cc1. The van der Waals surface area contributed by atoms with Gasteiger partial charge in [-0.15, -0.1) is 0 Å². The maximum absolute atomic E-state index is 12.1. The Morgan fingerprint density at radius 1 is 0.783 bits per heavy atom. The van der Waals surface area contributed by atoms with Gasteiger partial charge in [0.2, 0.25) is 0 Å². The van der Waals surface area contributed by atoms with E-state index in [4.69, 9.17) is 10.5 Å². The Balaban J connectivity index is 1.68. The van der Waals surface area contributed by atoms with Crippen molar-refractivity contribution in [3.8, 4) is 5.75 Å². The number of nitrogens with two attached hydrogens (primary N) is 1. The van der Waals surface area contributed by atoms with E-state index in [9.17, 15) is 4.79 Å². The van der Waals surface area contributed by atoms with Crippen LogP contribution < -0.4 is 10.5 Å². The highest BCUT2D eigenvalue weighted by atomic mass is 16.5. The first-order valence-electron chi connectivity index (χ1n) is 7.42. The first-order chi connectivity index (χ1) is 11.2. The van der Waals surface area contributed by atoms with Crippen LogP contribution in [-0.4, -0.2) is 5.97 Å². The number of nitrogen functional groups attached to an aromatic ring is 1. The molecule has 0 atom stereocenters. The lowest BCUT2D eigenvalue weighted by Crippen LogP contribution is -2.10. The number of rotatable bonds is 4. The molecule has 0 bridgehead atoms. The number of carbonyl (C=O) groups is 1. The van der Waals surface area contributed by atoms with Gasteiger partial charge in [-0.2, -0.15) is 0 Å². The molecule has 3 rings (SSSR count). The molecule has 114 valence electrons. The second-order valence-corrected chi connectivity index (χ2v) is 5.28. The Hall–Kier alpha value is -3.07. The van der Waals surface area contributed by atoms with Gasteiger partial charge in [-0.05, 0) is 41.8 Å². The van der Waals surface area contributed by atoms with Gasteiger partial charge in [0.25, 0.3) is 0 Å². The van der Waals surface area contributed by atoms with Crippen LogP contribution in [0.25, 0.3) is 0 Å². The molecule has 23 heavy (non-hydrogen) atoms. The molecule has 3 heteroatoms. The zero-order valence-corrected chi connectivity index (χ0v) is 12.6. The van der Waals surface area contributed by atoms with Gasteiger partial charge in [0.15, 0.2) is 0 Å². The molecule has 0 aromatic heterocycles. The fraction of sp³-hybridized carbons (Fsp3) is 0.0500. The fourth-order valence-electron chi connectivity index (χ4n) is 2.35. The fourth-order valence-corrected chi connectivity index (χ4v) is 2.35. The number of carbonyl (C=O) groups excluding carboxylic acids is 1. The molecule has 0 aliphatic heterocycles. The molecule has 0 saturated heterocycles. The van der Waals surface area contributed by atoms with Crippen LogP contribution in [0.2, 0.25) is 0 Å². The summed E-state index contributed by atoms with van der Waals surface area (Å²) < 4.78 is 5.37. The molecule has 3 nitrogen and oxygen atoms in total. The van der Waals surface area contributed by atoms with E-state index in [-0.39, 0.29) is 0 Å². The minimum atomic E-state index is -0.445. The maximum Gasteiger partial charge on any atom is 0.345 e. The Morgan fingerprint density at radius 2 is 1.39 bits per heavy atom. The Morgan fingerprint density at radius 3 is 2.09 bits per heavy atom. The van der Waals surface area contributed by atoms with E-state index in [2.05, 4.69) is 12.1 Å². The molecule has 0 fully saturated rings. The van der Waals surface area contributed by atoms with Crippen molar-refractivity contribution >= 4 is 11.7 Å². The maximum atomic E-state index is 12.1. The highest BCUT2D eigenvalue weighted by Crippen LogP contribution is 2.18. The first kappa shape index (κ1) is 14.9. The second-order valence-electron chi connectivity index (χ2n) is 5.28. The van der Waals surface area contributed by atoms with E-state index in [1.165, 1.54) is 5.56 Å². The number of hydrogen-bond donors (Lipinski definition) is 1. The largest absolute Gasteiger partial charge is 0.423 e. The van der Waals surface area contributed by atoms with Crippen LogP contribution in [-0.2, 0) is 6.42 Å². The molecule has 0 spiro atoms. The molecular weight excluding hydrogens is 286 g/mol. The van der Waals surface area contributed by atoms with E-state index in [0.717, 1.165) is 12.0 Å². The van der Waals surface area contributed by atoms with Crippen LogP contribution in [0.1, 0.15) is 21.5 Å². The van der Waals surface area contributed by atoms with Gasteiger partial charge in [-0.1, -0.05) is 54.6 Å². The van der Waals surface area contributed by atoms with E-state index < -0.39 is 5.97 Å². The predicted octanol–water partition coefficient (Wildman–Crippen LogP) is 4.08. The highest BCUT2D eigenvalue weighted by molar-refractivity contribution is 5.96. The molecule has 0 radical (unpaired) electrons. The van der Waals surface area contributed by atoms with Gasteiger partial charge in [0.05, 0.1) is 5.56 Å². The highest BCUT2D eigenvalue weighted by Gasteiger charge is 2.11. The molecule has 0 heterocycles. The average Bonchev–Trinajstić information content (AvgIpc) is 2.58. The van der Waals surface area contributed by atoms with Crippen molar-refractivity contribution < 1.29 is 9.53 Å². The monoisotopic (exact) mass is 303 g/mol. The number of ether oxygens (including phenoxy) is 1. The first-order valence-corrected chi connectivity index (χ1v) is 7.42. The van der Waals surface area contributed by atoms with Crippen molar-refractivity contribution in [3.63, 3.8) is 0 Å². The lowest BCUT2D eigenvalue weighted by atomic mass is 10.1. The van der Waals surface area contributed by atoms with Gasteiger partial charge in [-0.3, -0.25) is 0 Å². The molecule has 0 aliphatic carbocycles. The summed E-state index contributed by atoms with van der Waals surface area (Å²) in [4.78, 5) is 12.1. The van der Waals surface area contributed by atoms with Crippen molar-refractivity contribution in [2.45, 2.75) is 6.42 Å². The Labute approximate surface area is 135 Å². The Kier molecular flexibility index (Phi) is 4.39. The zero-order valence-electron chi connectivity index (χ0n) is 12.6. The molecule has 0 amide bonds. The van der Waals surface area contributed by atoms with Crippen molar-refractivity contribution in [1.82, 2.24) is 0 Å². The lowest BCUT2D eigenvalue weighted by Gasteiger charge is -2.07. The summed E-state index contributed by atoms with van der Waals surface area (Å²) in [6, 6.07) is 24.6. The van der Waals surface area contributed by atoms with Crippen LogP contribution in [0, 0.1) is 0 Å². The van der Waals surface area contributed by atoms with Crippen molar-refractivity contribution in [2.24, 2.45) is 0 Å². The topological polar surface area (TPSA) is 52.3 Å². The lowest BCUT2D eigenvalue weighted by molar-refractivity contribution is 0.0736. The van der Waals surface area contributed by atoms with Crippen LogP contribution in [0.5, 0.6) is 5.75 Å². The number of anilines is 1.